The fraction of sp³-hybridized carbons (Fsp3) is 0.438. The van der Waals surface area contributed by atoms with Crippen molar-refractivity contribution in [1.29, 1.82) is 0 Å². The molecule has 0 N–H and O–H groups in total. The van der Waals surface area contributed by atoms with E-state index in [9.17, 15) is 8.42 Å². The van der Waals surface area contributed by atoms with E-state index in [0.717, 1.165) is 24.0 Å². The van der Waals surface area contributed by atoms with Gasteiger partial charge in [-0.15, -0.1) is 0 Å². The second-order valence-electron chi connectivity index (χ2n) is 5.70. The Morgan fingerprint density at radius 3 is 2.73 bits per heavy atom. The van der Waals surface area contributed by atoms with Crippen LogP contribution in [0.4, 0.5) is 0 Å². The molecule has 0 amide bonds. The van der Waals surface area contributed by atoms with E-state index in [2.05, 4.69) is 4.98 Å². The molecule has 22 heavy (non-hydrogen) atoms. The molecule has 1 aromatic carbocycles. The first-order valence-electron chi connectivity index (χ1n) is 7.35. The largest absolute Gasteiger partial charge is 0.444 e. The van der Waals surface area contributed by atoms with Gasteiger partial charge in [0.25, 0.3) is 0 Å². The number of hydrogen-bond donors (Lipinski definition) is 0. The molecular formula is C16H19NO4S. The summed E-state index contributed by atoms with van der Waals surface area (Å²) >= 11 is 0. The fourth-order valence-electron chi connectivity index (χ4n) is 2.55. The minimum atomic E-state index is -3.24. The minimum Gasteiger partial charge on any atom is -0.444 e. The first kappa shape index (κ1) is 15.2. The first-order chi connectivity index (χ1) is 10.5. The fourth-order valence-corrected chi connectivity index (χ4v) is 4.08. The third kappa shape index (κ3) is 3.75. The number of oxazole rings is 1. The number of nitrogens with zero attached hydrogens (tertiary/aromatic N) is 1. The van der Waals surface area contributed by atoms with Gasteiger partial charge in [-0.25, -0.2) is 13.4 Å². The van der Waals surface area contributed by atoms with Crippen molar-refractivity contribution in [3.8, 4) is 11.5 Å². The van der Waals surface area contributed by atoms with Crippen LogP contribution in [0.25, 0.3) is 11.5 Å². The molecule has 1 atom stereocenters. The van der Waals surface area contributed by atoms with Gasteiger partial charge in [0, 0.05) is 12.2 Å². The van der Waals surface area contributed by atoms with E-state index in [4.69, 9.17) is 9.15 Å². The molecule has 1 aliphatic rings. The molecular weight excluding hydrogens is 302 g/mol. The molecule has 2 aromatic rings. The van der Waals surface area contributed by atoms with Gasteiger partial charge in [0.1, 0.15) is 6.26 Å². The van der Waals surface area contributed by atoms with Crippen LogP contribution in [-0.4, -0.2) is 31.9 Å². The number of ether oxygens (including phenoxy) is 1. The maximum atomic E-state index is 12.2. The van der Waals surface area contributed by atoms with E-state index in [1.54, 1.807) is 0 Å². The smallest absolute Gasteiger partial charge is 0.226 e. The van der Waals surface area contributed by atoms with Crippen LogP contribution >= 0.6 is 0 Å². The van der Waals surface area contributed by atoms with Gasteiger partial charge in [-0.05, 0) is 31.9 Å². The molecule has 5 nitrogen and oxygen atoms in total. The van der Waals surface area contributed by atoms with Gasteiger partial charge in [-0.2, -0.15) is 0 Å². The highest BCUT2D eigenvalue weighted by molar-refractivity contribution is 7.90. The van der Waals surface area contributed by atoms with Crippen LogP contribution in [0.3, 0.4) is 0 Å². The summed E-state index contributed by atoms with van der Waals surface area (Å²) in [6, 6.07) is 7.75. The molecule has 118 valence electrons. The van der Waals surface area contributed by atoms with Crippen molar-refractivity contribution in [3.05, 3.63) is 41.8 Å². The summed E-state index contributed by atoms with van der Waals surface area (Å²) in [5.41, 5.74) is 2.43. The highest BCUT2D eigenvalue weighted by Crippen LogP contribution is 2.21. The summed E-state index contributed by atoms with van der Waals surface area (Å²) < 4.78 is 35.2. The second-order valence-corrected chi connectivity index (χ2v) is 7.81. The van der Waals surface area contributed by atoms with Crippen molar-refractivity contribution < 1.29 is 17.6 Å². The monoisotopic (exact) mass is 321 g/mol. The lowest BCUT2D eigenvalue weighted by Gasteiger charge is -2.08. The first-order valence-corrected chi connectivity index (χ1v) is 9.17. The highest BCUT2D eigenvalue weighted by Gasteiger charge is 2.24. The molecule has 1 saturated heterocycles. The second kappa shape index (κ2) is 6.22. The Morgan fingerprint density at radius 1 is 1.27 bits per heavy atom. The number of aryl methyl sites for hydroxylation is 1. The SMILES string of the molecule is Cc1ccc(-c2nc(CS(=O)(=O)C[C@@H]3CCCO3)co2)cc1. The summed E-state index contributed by atoms with van der Waals surface area (Å²) in [4.78, 5) is 4.28. The Labute approximate surface area is 130 Å². The zero-order valence-corrected chi connectivity index (χ0v) is 13.3. The van der Waals surface area contributed by atoms with Crippen molar-refractivity contribution in [2.24, 2.45) is 0 Å². The maximum absolute atomic E-state index is 12.2. The van der Waals surface area contributed by atoms with Crippen LogP contribution in [0.1, 0.15) is 24.1 Å². The van der Waals surface area contributed by atoms with Crippen molar-refractivity contribution in [3.63, 3.8) is 0 Å². The topological polar surface area (TPSA) is 69.4 Å². The van der Waals surface area contributed by atoms with Crippen LogP contribution in [0.15, 0.2) is 34.9 Å². The lowest BCUT2D eigenvalue weighted by atomic mass is 10.1. The van der Waals surface area contributed by atoms with Crippen LogP contribution in [0, 0.1) is 6.92 Å². The summed E-state index contributed by atoms with van der Waals surface area (Å²) in [5, 5.41) is 0. The summed E-state index contributed by atoms with van der Waals surface area (Å²) in [6.07, 6.45) is 2.99. The summed E-state index contributed by atoms with van der Waals surface area (Å²) in [7, 11) is -3.24. The van der Waals surface area contributed by atoms with Gasteiger partial charge in [0.2, 0.25) is 5.89 Å². The summed E-state index contributed by atoms with van der Waals surface area (Å²) in [6.45, 7) is 2.66. The van der Waals surface area contributed by atoms with Crippen molar-refractivity contribution in [1.82, 2.24) is 4.98 Å². The molecule has 6 heteroatoms. The Morgan fingerprint density at radius 2 is 2.05 bits per heavy atom. The average Bonchev–Trinajstić information content (AvgIpc) is 3.10. The molecule has 0 bridgehead atoms. The van der Waals surface area contributed by atoms with Gasteiger partial charge in [-0.1, -0.05) is 17.7 Å². The van der Waals surface area contributed by atoms with Crippen LogP contribution in [-0.2, 0) is 20.3 Å². The third-order valence-electron chi connectivity index (χ3n) is 3.68. The Bertz CT molecular complexity index is 728. The number of aromatic nitrogens is 1. The van der Waals surface area contributed by atoms with E-state index < -0.39 is 9.84 Å². The normalized spacial score (nSPS) is 18.7. The molecule has 0 radical (unpaired) electrons. The molecule has 0 aliphatic carbocycles. The quantitative estimate of drug-likeness (QED) is 0.847. The third-order valence-corrected chi connectivity index (χ3v) is 5.30. The van der Waals surface area contributed by atoms with E-state index in [-0.39, 0.29) is 17.6 Å². The Kier molecular flexibility index (Phi) is 4.31. The predicted octanol–water partition coefficient (Wildman–Crippen LogP) is 2.74. The molecule has 2 heterocycles. The molecule has 1 aromatic heterocycles. The number of sulfone groups is 1. The number of benzene rings is 1. The van der Waals surface area contributed by atoms with Crippen LogP contribution < -0.4 is 0 Å². The van der Waals surface area contributed by atoms with E-state index >= 15 is 0 Å². The van der Waals surface area contributed by atoms with E-state index in [1.165, 1.54) is 6.26 Å². The molecule has 1 fully saturated rings. The van der Waals surface area contributed by atoms with Crippen molar-refractivity contribution in [2.45, 2.75) is 31.6 Å². The number of hydrogen-bond acceptors (Lipinski definition) is 5. The van der Waals surface area contributed by atoms with E-state index in [0.29, 0.717) is 18.2 Å². The van der Waals surface area contributed by atoms with Crippen molar-refractivity contribution >= 4 is 9.84 Å². The lowest BCUT2D eigenvalue weighted by molar-refractivity contribution is 0.127. The Hall–Kier alpha value is -1.66. The minimum absolute atomic E-state index is 0.0553. The van der Waals surface area contributed by atoms with Crippen molar-refractivity contribution in [2.75, 3.05) is 12.4 Å². The maximum Gasteiger partial charge on any atom is 0.226 e. The van der Waals surface area contributed by atoms with Gasteiger partial charge in [0.05, 0.1) is 23.3 Å². The predicted molar refractivity (Wildman–Crippen MR) is 83.1 cm³/mol. The molecule has 0 saturated carbocycles. The zero-order chi connectivity index (χ0) is 15.6. The van der Waals surface area contributed by atoms with Gasteiger partial charge in [0.15, 0.2) is 9.84 Å². The van der Waals surface area contributed by atoms with Gasteiger partial charge in [-0.3, -0.25) is 0 Å². The van der Waals surface area contributed by atoms with E-state index in [1.807, 2.05) is 31.2 Å². The average molecular weight is 321 g/mol. The van der Waals surface area contributed by atoms with Crippen LogP contribution in [0.5, 0.6) is 0 Å². The molecule has 1 aliphatic heterocycles. The highest BCUT2D eigenvalue weighted by atomic mass is 32.2. The summed E-state index contributed by atoms with van der Waals surface area (Å²) in [5.74, 6) is 0.393. The zero-order valence-electron chi connectivity index (χ0n) is 12.5. The molecule has 3 rings (SSSR count). The molecule has 0 spiro atoms. The lowest BCUT2D eigenvalue weighted by Crippen LogP contribution is -2.21. The Balaban J connectivity index is 1.69. The standard InChI is InChI=1S/C16H19NO4S/c1-12-4-6-13(7-5-12)16-17-14(9-21-16)10-22(18,19)11-15-3-2-8-20-15/h4-7,9,15H,2-3,8,10-11H2,1H3/t15-/m0/s1. The van der Waals surface area contributed by atoms with Gasteiger partial charge >= 0.3 is 0 Å². The molecule has 0 unspecified atom stereocenters. The van der Waals surface area contributed by atoms with Gasteiger partial charge < -0.3 is 9.15 Å². The number of rotatable bonds is 5. The van der Waals surface area contributed by atoms with Crippen LogP contribution in [0.2, 0.25) is 0 Å².